The van der Waals surface area contributed by atoms with E-state index in [0.717, 1.165) is 36.4 Å². The van der Waals surface area contributed by atoms with E-state index in [-0.39, 0.29) is 11.9 Å². The summed E-state index contributed by atoms with van der Waals surface area (Å²) in [7, 11) is 3.51. The van der Waals surface area contributed by atoms with Gasteiger partial charge in [0.2, 0.25) is 5.95 Å². The van der Waals surface area contributed by atoms with Crippen LogP contribution in [-0.4, -0.2) is 69.6 Å². The maximum absolute atomic E-state index is 12.6. The van der Waals surface area contributed by atoms with Crippen molar-refractivity contribution in [2.45, 2.75) is 38.3 Å². The minimum absolute atomic E-state index is 0.0515. The highest BCUT2D eigenvalue weighted by molar-refractivity contribution is 5.97. The summed E-state index contributed by atoms with van der Waals surface area (Å²) < 4.78 is 1.96. The molecule has 5 rings (SSSR count). The molecule has 1 saturated heterocycles. The summed E-state index contributed by atoms with van der Waals surface area (Å²) >= 11 is 0. The Labute approximate surface area is 187 Å². The van der Waals surface area contributed by atoms with Gasteiger partial charge in [-0.2, -0.15) is 4.98 Å². The van der Waals surface area contributed by atoms with E-state index in [4.69, 9.17) is 4.98 Å². The molecule has 4 heterocycles. The largest absolute Gasteiger partial charge is 0.367 e. The summed E-state index contributed by atoms with van der Waals surface area (Å²) in [5.74, 6) is 1.10. The molecule has 1 amide bonds. The minimum Gasteiger partial charge on any atom is -0.367 e. The van der Waals surface area contributed by atoms with Crippen molar-refractivity contribution in [3.05, 3.63) is 36.3 Å². The van der Waals surface area contributed by atoms with Crippen LogP contribution in [0.2, 0.25) is 0 Å². The molecule has 3 aromatic heterocycles. The summed E-state index contributed by atoms with van der Waals surface area (Å²) in [4.78, 5) is 30.4. The third-order valence-corrected chi connectivity index (χ3v) is 6.30. The molecule has 3 aromatic rings. The zero-order valence-electron chi connectivity index (χ0n) is 19.1. The smallest absolute Gasteiger partial charge is 0.270 e. The lowest BCUT2D eigenvalue weighted by molar-refractivity contribution is 0.0816. The molecule has 2 aliphatic rings. The molecule has 0 aromatic carbocycles. The molecule has 9 heteroatoms. The van der Waals surface area contributed by atoms with Gasteiger partial charge in [0, 0.05) is 56.9 Å². The standard InChI is InChI=1S/C23H30N8O/c1-15(2)31-18(21(32)29(3)4)11-16-12-25-22(28-20(16)31)27-19-6-5-17(13-24-19)30-10-9-26-23(14-30)7-8-23/h5-6,11-13,15,26H,7-10,14H2,1-4H3,(H,24,25,27,28). The van der Waals surface area contributed by atoms with Crippen LogP contribution in [0.15, 0.2) is 30.6 Å². The first-order valence-corrected chi connectivity index (χ1v) is 11.2. The van der Waals surface area contributed by atoms with E-state index in [2.05, 4.69) is 31.6 Å². The first-order valence-electron chi connectivity index (χ1n) is 11.2. The van der Waals surface area contributed by atoms with Crippen molar-refractivity contribution < 1.29 is 4.79 Å². The number of nitrogens with one attached hydrogen (secondary N) is 2. The van der Waals surface area contributed by atoms with Crippen LogP contribution in [0.5, 0.6) is 0 Å². The fourth-order valence-electron chi connectivity index (χ4n) is 4.41. The van der Waals surface area contributed by atoms with Gasteiger partial charge in [-0.15, -0.1) is 0 Å². The highest BCUT2D eigenvalue weighted by atomic mass is 16.2. The number of carbonyl (C=O) groups is 1. The topological polar surface area (TPSA) is 91.2 Å². The van der Waals surface area contributed by atoms with Crippen molar-refractivity contribution in [2.75, 3.05) is 43.9 Å². The Morgan fingerprint density at radius 3 is 2.69 bits per heavy atom. The van der Waals surface area contributed by atoms with Crippen LogP contribution in [0.4, 0.5) is 17.5 Å². The second-order valence-electron chi connectivity index (χ2n) is 9.32. The molecule has 1 saturated carbocycles. The number of nitrogens with zero attached hydrogens (tertiary/aromatic N) is 6. The lowest BCUT2D eigenvalue weighted by Crippen LogP contribution is -2.52. The van der Waals surface area contributed by atoms with Crippen molar-refractivity contribution in [2.24, 2.45) is 0 Å². The fourth-order valence-corrected chi connectivity index (χ4v) is 4.41. The molecular formula is C23H30N8O. The SMILES string of the molecule is CC(C)n1c(C(=O)N(C)C)cc2cnc(Nc3ccc(N4CCNC5(CC5)C4)cn3)nc21. The quantitative estimate of drug-likeness (QED) is 0.638. The van der Waals surface area contributed by atoms with Gasteiger partial charge in [-0.1, -0.05) is 0 Å². The highest BCUT2D eigenvalue weighted by Gasteiger charge is 2.45. The second-order valence-corrected chi connectivity index (χ2v) is 9.32. The van der Waals surface area contributed by atoms with E-state index < -0.39 is 0 Å². The Balaban J connectivity index is 1.38. The van der Waals surface area contributed by atoms with E-state index in [9.17, 15) is 4.79 Å². The Morgan fingerprint density at radius 1 is 1.22 bits per heavy atom. The average Bonchev–Trinajstić information content (AvgIpc) is 3.40. The Hall–Kier alpha value is -3.20. The number of fused-ring (bicyclic) bond motifs is 1. The number of hydrogen-bond acceptors (Lipinski definition) is 7. The number of piperazine rings is 1. The zero-order chi connectivity index (χ0) is 22.5. The van der Waals surface area contributed by atoms with Gasteiger partial charge in [0.05, 0.1) is 11.9 Å². The molecule has 168 valence electrons. The Morgan fingerprint density at radius 2 is 2.03 bits per heavy atom. The first-order chi connectivity index (χ1) is 15.3. The maximum Gasteiger partial charge on any atom is 0.270 e. The summed E-state index contributed by atoms with van der Waals surface area (Å²) in [6.07, 6.45) is 6.18. The Bertz CT molecular complexity index is 1150. The van der Waals surface area contributed by atoms with Crippen molar-refractivity contribution in [1.82, 2.24) is 29.7 Å². The first kappa shape index (κ1) is 20.7. The van der Waals surface area contributed by atoms with Crippen molar-refractivity contribution in [3.8, 4) is 0 Å². The lowest BCUT2D eigenvalue weighted by Gasteiger charge is -2.35. The second kappa shape index (κ2) is 7.74. The van der Waals surface area contributed by atoms with Gasteiger partial charge in [-0.05, 0) is 44.9 Å². The molecule has 1 aliphatic heterocycles. The minimum atomic E-state index is -0.0515. The summed E-state index contributed by atoms with van der Waals surface area (Å²) in [6.45, 7) is 7.14. The molecule has 32 heavy (non-hydrogen) atoms. The molecular weight excluding hydrogens is 404 g/mol. The van der Waals surface area contributed by atoms with Crippen LogP contribution in [0, 0.1) is 0 Å². The lowest BCUT2D eigenvalue weighted by atomic mass is 10.1. The molecule has 2 N–H and O–H groups in total. The van der Waals surface area contributed by atoms with E-state index >= 15 is 0 Å². The van der Waals surface area contributed by atoms with E-state index in [1.165, 1.54) is 12.8 Å². The van der Waals surface area contributed by atoms with E-state index in [1.54, 1.807) is 25.2 Å². The zero-order valence-corrected chi connectivity index (χ0v) is 19.1. The van der Waals surface area contributed by atoms with Gasteiger partial charge in [0.1, 0.15) is 17.2 Å². The van der Waals surface area contributed by atoms with Crippen LogP contribution >= 0.6 is 0 Å². The molecule has 0 radical (unpaired) electrons. The normalized spacial score (nSPS) is 17.2. The van der Waals surface area contributed by atoms with Crippen molar-refractivity contribution in [3.63, 3.8) is 0 Å². The summed E-state index contributed by atoms with van der Waals surface area (Å²) in [6, 6.07) is 6.00. The number of aromatic nitrogens is 4. The summed E-state index contributed by atoms with van der Waals surface area (Å²) in [5, 5.41) is 7.69. The van der Waals surface area contributed by atoms with Gasteiger partial charge < -0.3 is 25.0 Å². The molecule has 0 bridgehead atoms. The van der Waals surface area contributed by atoms with Crippen LogP contribution in [0.25, 0.3) is 11.0 Å². The van der Waals surface area contributed by atoms with Crippen molar-refractivity contribution in [1.29, 1.82) is 0 Å². The van der Waals surface area contributed by atoms with Gasteiger partial charge in [-0.25, -0.2) is 9.97 Å². The number of pyridine rings is 1. The van der Waals surface area contributed by atoms with Crippen molar-refractivity contribution >= 4 is 34.4 Å². The summed E-state index contributed by atoms with van der Waals surface area (Å²) in [5.41, 5.74) is 2.81. The van der Waals surface area contributed by atoms with Gasteiger partial charge in [0.15, 0.2) is 0 Å². The molecule has 1 aliphatic carbocycles. The van der Waals surface area contributed by atoms with Gasteiger partial charge >= 0.3 is 0 Å². The third-order valence-electron chi connectivity index (χ3n) is 6.30. The third kappa shape index (κ3) is 3.77. The Kier molecular flexibility index (Phi) is 5.00. The number of carbonyl (C=O) groups excluding carboxylic acids is 1. The number of anilines is 3. The van der Waals surface area contributed by atoms with Crippen LogP contribution in [-0.2, 0) is 0 Å². The van der Waals surface area contributed by atoms with Gasteiger partial charge in [0.25, 0.3) is 5.91 Å². The number of rotatable bonds is 5. The van der Waals surface area contributed by atoms with E-state index in [0.29, 0.717) is 23.0 Å². The van der Waals surface area contributed by atoms with Crippen LogP contribution in [0.1, 0.15) is 43.2 Å². The number of hydrogen-bond donors (Lipinski definition) is 2. The fraction of sp³-hybridized carbons (Fsp3) is 0.478. The predicted molar refractivity (Wildman–Crippen MR) is 126 cm³/mol. The van der Waals surface area contributed by atoms with Crippen LogP contribution < -0.4 is 15.5 Å². The molecule has 0 atom stereocenters. The van der Waals surface area contributed by atoms with E-state index in [1.807, 2.05) is 36.7 Å². The molecule has 9 nitrogen and oxygen atoms in total. The maximum atomic E-state index is 12.6. The predicted octanol–water partition coefficient (Wildman–Crippen LogP) is 2.79. The molecule has 1 spiro atoms. The number of amides is 1. The highest BCUT2D eigenvalue weighted by Crippen LogP contribution is 2.38. The molecule has 0 unspecified atom stereocenters. The molecule has 2 fully saturated rings. The average molecular weight is 435 g/mol. The van der Waals surface area contributed by atoms with Gasteiger partial charge in [-0.3, -0.25) is 4.79 Å². The van der Waals surface area contributed by atoms with Crippen LogP contribution in [0.3, 0.4) is 0 Å². The monoisotopic (exact) mass is 434 g/mol.